The van der Waals surface area contributed by atoms with Crippen molar-refractivity contribution in [3.8, 4) is 6.07 Å². The molecule has 0 aliphatic heterocycles. The van der Waals surface area contributed by atoms with E-state index in [1.165, 1.54) is 32.1 Å². The van der Waals surface area contributed by atoms with Crippen molar-refractivity contribution >= 4 is 5.82 Å². The lowest BCUT2D eigenvalue weighted by atomic mass is 9.54. The molecule has 5 nitrogen and oxygen atoms in total. The first-order chi connectivity index (χ1) is 9.17. The van der Waals surface area contributed by atoms with Crippen molar-refractivity contribution in [3.63, 3.8) is 0 Å². The van der Waals surface area contributed by atoms with Crippen LogP contribution in [0, 0.1) is 35.0 Å². The van der Waals surface area contributed by atoms with E-state index in [2.05, 4.69) is 5.10 Å². The third-order valence-corrected chi connectivity index (χ3v) is 5.55. The van der Waals surface area contributed by atoms with E-state index in [-0.39, 0.29) is 11.1 Å². The van der Waals surface area contributed by atoms with Gasteiger partial charge >= 0.3 is 0 Å². The van der Waals surface area contributed by atoms with E-state index in [1.54, 1.807) is 0 Å². The molecule has 0 atom stereocenters. The standard InChI is InChI=1S/C14H18N4O/c15-6-11-13(16)18(17-14(11)19)12-9-2-7-1-8(4-9)5-10(12)3-7/h7-10,12H,1-5,16H2,(H,17,19). The number of nitrogen functional groups attached to an aromatic ring is 1. The van der Waals surface area contributed by atoms with Gasteiger partial charge in [0.05, 0.1) is 6.04 Å². The van der Waals surface area contributed by atoms with Crippen LogP contribution in [0.4, 0.5) is 5.82 Å². The molecule has 4 bridgehead atoms. The van der Waals surface area contributed by atoms with Crippen LogP contribution in [-0.4, -0.2) is 9.78 Å². The Morgan fingerprint density at radius 1 is 1.16 bits per heavy atom. The SMILES string of the molecule is N#Cc1c(N)n(C2C3CC4CC(C3)CC2C4)[nH]c1=O. The molecule has 0 unspecified atom stereocenters. The molecule has 5 rings (SSSR count). The maximum absolute atomic E-state index is 11.7. The molecule has 4 aliphatic carbocycles. The van der Waals surface area contributed by atoms with Gasteiger partial charge in [-0.25, -0.2) is 0 Å². The Balaban J connectivity index is 1.77. The zero-order valence-corrected chi connectivity index (χ0v) is 10.8. The van der Waals surface area contributed by atoms with Crippen LogP contribution in [0.15, 0.2) is 4.79 Å². The summed E-state index contributed by atoms with van der Waals surface area (Å²) < 4.78 is 1.81. The van der Waals surface area contributed by atoms with Gasteiger partial charge < -0.3 is 5.73 Å². The number of nitriles is 1. The molecule has 5 heteroatoms. The van der Waals surface area contributed by atoms with Gasteiger partial charge in [-0.3, -0.25) is 14.6 Å². The zero-order chi connectivity index (χ0) is 13.1. The van der Waals surface area contributed by atoms with Crippen LogP contribution in [-0.2, 0) is 0 Å². The molecule has 0 amide bonds. The molecule has 4 fully saturated rings. The fraction of sp³-hybridized carbons (Fsp3) is 0.714. The Bertz CT molecular complexity index is 592. The fourth-order valence-corrected chi connectivity index (χ4v) is 5.12. The number of nitrogens with zero attached hydrogens (tertiary/aromatic N) is 2. The Labute approximate surface area is 111 Å². The van der Waals surface area contributed by atoms with Crippen molar-refractivity contribution in [2.75, 3.05) is 5.73 Å². The van der Waals surface area contributed by atoms with E-state index in [4.69, 9.17) is 11.0 Å². The Kier molecular flexibility index (Phi) is 2.15. The van der Waals surface area contributed by atoms with Crippen LogP contribution in [0.2, 0.25) is 0 Å². The first-order valence-electron chi connectivity index (χ1n) is 7.17. The van der Waals surface area contributed by atoms with E-state index in [1.807, 2.05) is 10.8 Å². The number of hydrogen-bond acceptors (Lipinski definition) is 3. The molecule has 1 heterocycles. The second-order valence-electron chi connectivity index (χ2n) is 6.60. The molecule has 4 saturated carbocycles. The summed E-state index contributed by atoms with van der Waals surface area (Å²) in [6.45, 7) is 0. The lowest BCUT2D eigenvalue weighted by Crippen LogP contribution is -2.46. The first kappa shape index (κ1) is 11.2. The average molecular weight is 258 g/mol. The van der Waals surface area contributed by atoms with E-state index < -0.39 is 0 Å². The number of hydrogen-bond donors (Lipinski definition) is 2. The molecule has 1 aromatic rings. The minimum Gasteiger partial charge on any atom is -0.383 e. The van der Waals surface area contributed by atoms with Crippen molar-refractivity contribution in [2.45, 2.75) is 38.1 Å². The first-order valence-corrected chi connectivity index (χ1v) is 7.17. The van der Waals surface area contributed by atoms with Gasteiger partial charge in [-0.1, -0.05) is 0 Å². The average Bonchev–Trinajstić information content (AvgIpc) is 2.63. The summed E-state index contributed by atoms with van der Waals surface area (Å²) in [6, 6.07) is 2.22. The van der Waals surface area contributed by atoms with Gasteiger partial charge in [0.25, 0.3) is 5.56 Å². The molecular formula is C14H18N4O. The van der Waals surface area contributed by atoms with Gasteiger partial charge in [0.15, 0.2) is 5.56 Å². The van der Waals surface area contributed by atoms with Gasteiger partial charge in [0, 0.05) is 0 Å². The van der Waals surface area contributed by atoms with Gasteiger partial charge in [-0.2, -0.15) is 5.26 Å². The summed E-state index contributed by atoms with van der Waals surface area (Å²) >= 11 is 0. The molecule has 0 saturated heterocycles. The number of nitrogens with one attached hydrogen (secondary N) is 1. The van der Waals surface area contributed by atoms with Crippen molar-refractivity contribution in [3.05, 3.63) is 15.9 Å². The lowest BCUT2D eigenvalue weighted by molar-refractivity contribution is -0.0329. The molecule has 100 valence electrons. The van der Waals surface area contributed by atoms with Crippen molar-refractivity contribution in [2.24, 2.45) is 23.7 Å². The number of rotatable bonds is 1. The summed E-state index contributed by atoms with van der Waals surface area (Å²) in [6.07, 6.45) is 6.46. The van der Waals surface area contributed by atoms with E-state index in [0.29, 0.717) is 23.7 Å². The van der Waals surface area contributed by atoms with Gasteiger partial charge in [0.1, 0.15) is 11.9 Å². The monoisotopic (exact) mass is 258 g/mol. The van der Waals surface area contributed by atoms with Crippen LogP contribution < -0.4 is 11.3 Å². The highest BCUT2D eigenvalue weighted by Crippen LogP contribution is 2.58. The van der Waals surface area contributed by atoms with Gasteiger partial charge in [-0.15, -0.1) is 0 Å². The van der Waals surface area contributed by atoms with Gasteiger partial charge in [-0.05, 0) is 55.8 Å². The summed E-state index contributed by atoms with van der Waals surface area (Å²) in [4.78, 5) is 11.7. The Morgan fingerprint density at radius 2 is 1.74 bits per heavy atom. The Morgan fingerprint density at radius 3 is 2.21 bits per heavy atom. The summed E-state index contributed by atoms with van der Waals surface area (Å²) in [5.74, 6) is 3.38. The number of H-pyrrole nitrogens is 1. The van der Waals surface area contributed by atoms with Crippen LogP contribution in [0.1, 0.15) is 43.7 Å². The molecule has 0 radical (unpaired) electrons. The zero-order valence-electron chi connectivity index (χ0n) is 10.8. The summed E-state index contributed by atoms with van der Waals surface area (Å²) in [5.41, 5.74) is 5.74. The lowest BCUT2D eigenvalue weighted by Gasteiger charge is -2.54. The topological polar surface area (TPSA) is 87.6 Å². The van der Waals surface area contributed by atoms with E-state index >= 15 is 0 Å². The molecule has 0 spiro atoms. The minimum absolute atomic E-state index is 0.0776. The third-order valence-electron chi connectivity index (χ3n) is 5.55. The molecule has 0 aromatic carbocycles. The second kappa shape index (κ2) is 3.66. The summed E-state index contributed by atoms with van der Waals surface area (Å²) in [7, 11) is 0. The Hall–Kier alpha value is -1.70. The van der Waals surface area contributed by atoms with E-state index in [0.717, 1.165) is 11.8 Å². The number of aromatic nitrogens is 2. The van der Waals surface area contributed by atoms with Crippen molar-refractivity contribution < 1.29 is 0 Å². The number of nitrogens with two attached hydrogens (primary N) is 1. The van der Waals surface area contributed by atoms with Crippen LogP contribution in [0.3, 0.4) is 0 Å². The van der Waals surface area contributed by atoms with Crippen LogP contribution in [0.5, 0.6) is 0 Å². The predicted molar refractivity (Wildman–Crippen MR) is 70.3 cm³/mol. The highest BCUT2D eigenvalue weighted by atomic mass is 16.1. The highest BCUT2D eigenvalue weighted by Gasteiger charge is 2.49. The highest BCUT2D eigenvalue weighted by molar-refractivity contribution is 5.47. The van der Waals surface area contributed by atoms with Crippen LogP contribution >= 0.6 is 0 Å². The fourth-order valence-electron chi connectivity index (χ4n) is 5.12. The summed E-state index contributed by atoms with van der Waals surface area (Å²) in [5, 5.41) is 11.8. The largest absolute Gasteiger partial charge is 0.383 e. The van der Waals surface area contributed by atoms with Crippen molar-refractivity contribution in [1.82, 2.24) is 9.78 Å². The third kappa shape index (κ3) is 1.43. The second-order valence-corrected chi connectivity index (χ2v) is 6.60. The van der Waals surface area contributed by atoms with E-state index in [9.17, 15) is 4.79 Å². The van der Waals surface area contributed by atoms with Crippen molar-refractivity contribution in [1.29, 1.82) is 5.26 Å². The van der Waals surface area contributed by atoms with Crippen LogP contribution in [0.25, 0.3) is 0 Å². The number of aromatic amines is 1. The normalized spacial score (nSPS) is 39.4. The predicted octanol–water partition coefficient (Wildman–Crippen LogP) is 1.63. The smallest absolute Gasteiger partial charge is 0.284 e. The molecule has 4 aliphatic rings. The minimum atomic E-state index is -0.339. The maximum Gasteiger partial charge on any atom is 0.284 e. The maximum atomic E-state index is 11.7. The quantitative estimate of drug-likeness (QED) is 0.802. The number of anilines is 1. The van der Waals surface area contributed by atoms with Gasteiger partial charge in [0.2, 0.25) is 0 Å². The molecule has 1 aromatic heterocycles. The molecule has 19 heavy (non-hydrogen) atoms. The molecular weight excluding hydrogens is 240 g/mol. The molecule has 3 N–H and O–H groups in total.